The van der Waals surface area contributed by atoms with Crippen LogP contribution in [0, 0.1) is 17.7 Å². The number of carbonyl (C=O) groups is 4. The molecule has 0 bridgehead atoms. The molecule has 0 spiro atoms. The number of piperidine rings is 1. The Kier molecular flexibility index (Phi) is 12.1. The lowest BCUT2D eigenvalue weighted by molar-refractivity contribution is -0.138. The lowest BCUT2D eigenvalue weighted by Crippen LogP contribution is -2.52. The van der Waals surface area contributed by atoms with Crippen molar-refractivity contribution < 1.29 is 28.3 Å². The number of Topliss-reactive ketones (excluding diaryl/α,β-unsaturated/α-hetero) is 1. The van der Waals surface area contributed by atoms with Crippen molar-refractivity contribution in [2.75, 3.05) is 25.5 Å². The van der Waals surface area contributed by atoms with E-state index >= 15 is 4.39 Å². The molecule has 240 valence electrons. The smallest absolute Gasteiger partial charge is 0.245 e. The van der Waals surface area contributed by atoms with E-state index in [1.807, 2.05) is 6.92 Å². The molecule has 2 aromatic rings. The number of ketones is 1. The maximum absolute atomic E-state index is 15.4. The van der Waals surface area contributed by atoms with Gasteiger partial charge in [-0.05, 0) is 62.3 Å². The van der Waals surface area contributed by atoms with Crippen LogP contribution in [-0.4, -0.2) is 70.5 Å². The molecule has 1 aromatic heterocycles. The number of amides is 3. The van der Waals surface area contributed by atoms with Gasteiger partial charge in [0.15, 0.2) is 5.78 Å². The fraction of sp³-hybridized carbons (Fsp3) is 0.606. The Labute approximate surface area is 259 Å². The van der Waals surface area contributed by atoms with Crippen LogP contribution in [0.1, 0.15) is 87.7 Å². The number of hydrogen-bond acceptors (Lipinski definition) is 6. The number of ether oxygens (including phenoxy) is 1. The number of rotatable bonds is 13. The van der Waals surface area contributed by atoms with Gasteiger partial charge in [0.05, 0.1) is 11.8 Å². The maximum Gasteiger partial charge on any atom is 0.245 e. The van der Waals surface area contributed by atoms with Gasteiger partial charge >= 0.3 is 0 Å². The molecule has 2 heterocycles. The topological polar surface area (TPSA) is 123 Å². The Bertz CT molecular complexity index is 1300. The molecule has 2 N–H and O–H groups in total. The average molecular weight is 612 g/mol. The second-order valence-electron chi connectivity index (χ2n) is 11.9. The molecular weight excluding hydrogens is 565 g/mol. The van der Waals surface area contributed by atoms with Crippen LogP contribution in [0.15, 0.2) is 30.5 Å². The Hall–Kier alpha value is -3.60. The quantitative estimate of drug-likeness (QED) is 0.321. The van der Waals surface area contributed by atoms with Crippen LogP contribution >= 0.6 is 0 Å². The molecule has 1 aliphatic heterocycles. The van der Waals surface area contributed by atoms with Crippen LogP contribution < -0.4 is 10.6 Å². The molecule has 11 heteroatoms. The summed E-state index contributed by atoms with van der Waals surface area (Å²) in [6.07, 6.45) is 8.29. The highest BCUT2D eigenvalue weighted by Gasteiger charge is 2.33. The van der Waals surface area contributed by atoms with Gasteiger partial charge in [0.1, 0.15) is 17.6 Å². The van der Waals surface area contributed by atoms with Crippen molar-refractivity contribution in [2.24, 2.45) is 11.8 Å². The third-order valence-corrected chi connectivity index (χ3v) is 9.04. The highest BCUT2D eigenvalue weighted by molar-refractivity contribution is 6.00. The normalized spacial score (nSPS) is 17.6. The zero-order chi connectivity index (χ0) is 31.6. The first kappa shape index (κ1) is 33.3. The van der Waals surface area contributed by atoms with E-state index in [1.165, 1.54) is 12.1 Å². The summed E-state index contributed by atoms with van der Waals surface area (Å²) in [6.45, 7) is 5.22. The molecule has 1 saturated heterocycles. The average Bonchev–Trinajstić information content (AvgIpc) is 3.54. The molecular formula is C33H46FN5O5. The molecule has 0 radical (unpaired) electrons. The van der Waals surface area contributed by atoms with Crippen LogP contribution in [0.4, 0.5) is 10.1 Å². The van der Waals surface area contributed by atoms with Gasteiger partial charge < -0.3 is 20.3 Å². The predicted octanol–water partition coefficient (Wildman–Crippen LogP) is 4.52. The molecule has 2 fully saturated rings. The molecule has 44 heavy (non-hydrogen) atoms. The second kappa shape index (κ2) is 15.9. The highest BCUT2D eigenvalue weighted by atomic mass is 19.1. The van der Waals surface area contributed by atoms with Gasteiger partial charge in [0, 0.05) is 58.1 Å². The van der Waals surface area contributed by atoms with E-state index in [0.29, 0.717) is 30.9 Å². The van der Waals surface area contributed by atoms with Crippen LogP contribution in [0.25, 0.3) is 0 Å². The Morgan fingerprint density at radius 1 is 1.05 bits per heavy atom. The van der Waals surface area contributed by atoms with Gasteiger partial charge in [-0.15, -0.1) is 0 Å². The number of halogens is 1. The van der Waals surface area contributed by atoms with Gasteiger partial charge in [0.2, 0.25) is 17.7 Å². The summed E-state index contributed by atoms with van der Waals surface area (Å²) in [6, 6.07) is 5.28. The molecule has 1 aromatic carbocycles. The number of likely N-dealkylation sites (tertiary alicyclic amines) is 1. The predicted molar refractivity (Wildman–Crippen MR) is 164 cm³/mol. The number of benzene rings is 1. The maximum atomic E-state index is 15.4. The second-order valence-corrected chi connectivity index (χ2v) is 11.9. The van der Waals surface area contributed by atoms with Crippen molar-refractivity contribution in [1.29, 1.82) is 0 Å². The van der Waals surface area contributed by atoms with E-state index in [2.05, 4.69) is 15.7 Å². The van der Waals surface area contributed by atoms with Gasteiger partial charge in [-0.25, -0.2) is 4.39 Å². The highest BCUT2D eigenvalue weighted by Crippen LogP contribution is 2.34. The van der Waals surface area contributed by atoms with E-state index in [0.717, 1.165) is 44.9 Å². The number of anilines is 1. The minimum atomic E-state index is -0.834. The summed E-state index contributed by atoms with van der Waals surface area (Å²) in [5.41, 5.74) is 1.01. The van der Waals surface area contributed by atoms with Gasteiger partial charge in [-0.1, -0.05) is 32.3 Å². The summed E-state index contributed by atoms with van der Waals surface area (Å²) in [5, 5.41) is 9.74. The minimum absolute atomic E-state index is 0.0210. The van der Waals surface area contributed by atoms with Gasteiger partial charge in [-0.3, -0.25) is 23.9 Å². The molecule has 2 aliphatic rings. The van der Waals surface area contributed by atoms with Crippen molar-refractivity contribution in [3.8, 4) is 0 Å². The summed E-state index contributed by atoms with van der Waals surface area (Å²) in [5.74, 6) is -2.17. The van der Waals surface area contributed by atoms with E-state index in [4.69, 9.17) is 4.74 Å². The first-order chi connectivity index (χ1) is 21.2. The SMILES string of the molecule is CCC(=O)N[C@H](Cc1ccc(NC(=O)[C@@H](CC(=O)c2ccnn2CC)C2CCCCC2)c(F)c1)C(=O)N1CCC(OC)CC1. The fourth-order valence-corrected chi connectivity index (χ4v) is 6.41. The minimum Gasteiger partial charge on any atom is -0.381 e. The van der Waals surface area contributed by atoms with Crippen molar-refractivity contribution in [3.63, 3.8) is 0 Å². The molecule has 0 unspecified atom stereocenters. The van der Waals surface area contributed by atoms with Crippen LogP contribution in [0.3, 0.4) is 0 Å². The van der Waals surface area contributed by atoms with E-state index in [1.54, 1.807) is 41.9 Å². The molecule has 2 atom stereocenters. The number of nitrogens with zero attached hydrogens (tertiary/aromatic N) is 3. The number of methoxy groups -OCH3 is 1. The summed E-state index contributed by atoms with van der Waals surface area (Å²) in [7, 11) is 1.66. The molecule has 3 amide bonds. The lowest BCUT2D eigenvalue weighted by atomic mass is 9.77. The Balaban J connectivity index is 1.46. The number of hydrogen-bond donors (Lipinski definition) is 2. The van der Waals surface area contributed by atoms with Crippen LogP contribution in [0.2, 0.25) is 0 Å². The number of carbonyl (C=O) groups excluding carboxylic acids is 4. The van der Waals surface area contributed by atoms with Gasteiger partial charge in [-0.2, -0.15) is 5.10 Å². The van der Waals surface area contributed by atoms with E-state index in [-0.39, 0.29) is 60.5 Å². The first-order valence-corrected chi connectivity index (χ1v) is 16.0. The lowest BCUT2D eigenvalue weighted by Gasteiger charge is -2.34. The zero-order valence-corrected chi connectivity index (χ0v) is 26.1. The van der Waals surface area contributed by atoms with Crippen molar-refractivity contribution in [2.45, 2.75) is 96.7 Å². The van der Waals surface area contributed by atoms with Crippen molar-refractivity contribution in [1.82, 2.24) is 20.0 Å². The zero-order valence-electron chi connectivity index (χ0n) is 26.1. The first-order valence-electron chi connectivity index (χ1n) is 16.0. The Morgan fingerprint density at radius 2 is 1.77 bits per heavy atom. The molecule has 1 aliphatic carbocycles. The van der Waals surface area contributed by atoms with E-state index in [9.17, 15) is 19.2 Å². The van der Waals surface area contributed by atoms with Crippen LogP contribution in [-0.2, 0) is 32.1 Å². The van der Waals surface area contributed by atoms with Crippen molar-refractivity contribution >= 4 is 29.2 Å². The van der Waals surface area contributed by atoms with E-state index < -0.39 is 17.8 Å². The number of nitrogens with one attached hydrogen (secondary N) is 2. The summed E-state index contributed by atoms with van der Waals surface area (Å²) >= 11 is 0. The largest absolute Gasteiger partial charge is 0.381 e. The third kappa shape index (κ3) is 8.52. The molecule has 1 saturated carbocycles. The summed E-state index contributed by atoms with van der Waals surface area (Å²) in [4.78, 5) is 54.2. The molecule has 10 nitrogen and oxygen atoms in total. The van der Waals surface area contributed by atoms with Gasteiger partial charge in [0.25, 0.3) is 0 Å². The Morgan fingerprint density at radius 3 is 2.41 bits per heavy atom. The van der Waals surface area contributed by atoms with Crippen molar-refractivity contribution in [3.05, 3.63) is 47.5 Å². The van der Waals surface area contributed by atoms with Crippen LogP contribution in [0.5, 0.6) is 0 Å². The monoisotopic (exact) mass is 611 g/mol. The third-order valence-electron chi connectivity index (χ3n) is 9.04. The number of aromatic nitrogens is 2. The molecule has 4 rings (SSSR count). The summed E-state index contributed by atoms with van der Waals surface area (Å²) < 4.78 is 22.5. The fourth-order valence-electron chi connectivity index (χ4n) is 6.41. The number of aryl methyl sites for hydroxylation is 1. The standard InChI is InChI=1S/C33H46FN5O5/c1-4-31(41)36-28(33(43)38-17-14-24(44-3)15-18-38)20-22-11-12-27(26(34)19-22)37-32(42)25(23-9-7-6-8-10-23)21-30(40)29-13-16-35-39(29)5-2/h11-13,16,19,23-25,28H,4-10,14-15,17-18,20-21H2,1-3H3,(H,36,41)(H,37,42)/t25-,28+/m0/s1.